The normalized spacial score (nSPS) is 16.0. The molecule has 2 aromatic rings. The molecule has 8 heteroatoms. The Morgan fingerprint density at radius 3 is 3.05 bits per heavy atom. The Morgan fingerprint density at radius 2 is 2.36 bits per heavy atom. The van der Waals surface area contributed by atoms with Gasteiger partial charge >= 0.3 is 6.01 Å². The standard InChI is InChI=1S/C14H18N4O4/c1-18(7-10(19)9-4-5-9)8-12(20)15-14-17-16-13(22-14)11-3-2-6-21-11/h2-3,6,9-10,19H,4-5,7-8H2,1H3,(H,15,17,20). The van der Waals surface area contributed by atoms with Crippen LogP contribution in [0.2, 0.25) is 0 Å². The second-order valence-corrected chi connectivity index (χ2v) is 5.54. The highest BCUT2D eigenvalue weighted by Crippen LogP contribution is 2.32. The molecular formula is C14H18N4O4. The van der Waals surface area contributed by atoms with Crippen molar-refractivity contribution < 1.29 is 18.7 Å². The van der Waals surface area contributed by atoms with Gasteiger partial charge in [-0.1, -0.05) is 5.10 Å². The molecule has 1 saturated carbocycles. The van der Waals surface area contributed by atoms with Gasteiger partial charge in [0.25, 0.3) is 5.89 Å². The number of carbonyl (C=O) groups excluding carboxylic acids is 1. The quantitative estimate of drug-likeness (QED) is 0.785. The van der Waals surface area contributed by atoms with E-state index >= 15 is 0 Å². The summed E-state index contributed by atoms with van der Waals surface area (Å²) in [5.41, 5.74) is 0. The van der Waals surface area contributed by atoms with Gasteiger partial charge in [-0.25, -0.2) is 0 Å². The number of amides is 1. The van der Waals surface area contributed by atoms with Crippen molar-refractivity contribution in [2.75, 3.05) is 25.5 Å². The predicted molar refractivity (Wildman–Crippen MR) is 76.9 cm³/mol. The first kappa shape index (κ1) is 14.7. The fourth-order valence-electron chi connectivity index (χ4n) is 2.19. The maximum Gasteiger partial charge on any atom is 0.322 e. The Balaban J connectivity index is 1.49. The molecular weight excluding hydrogens is 288 g/mol. The number of aliphatic hydroxyl groups is 1. The Hall–Kier alpha value is -2.19. The summed E-state index contributed by atoms with van der Waals surface area (Å²) >= 11 is 0. The molecule has 0 aromatic carbocycles. The maximum absolute atomic E-state index is 11.9. The molecule has 2 N–H and O–H groups in total. The van der Waals surface area contributed by atoms with E-state index in [0.29, 0.717) is 18.2 Å². The summed E-state index contributed by atoms with van der Waals surface area (Å²) in [4.78, 5) is 13.7. The number of aromatic nitrogens is 2. The summed E-state index contributed by atoms with van der Waals surface area (Å²) < 4.78 is 10.4. The molecule has 1 aliphatic rings. The van der Waals surface area contributed by atoms with Gasteiger partial charge in [0.1, 0.15) is 0 Å². The van der Waals surface area contributed by atoms with Gasteiger partial charge in [0.15, 0.2) is 5.76 Å². The van der Waals surface area contributed by atoms with E-state index in [1.807, 2.05) is 0 Å². The maximum atomic E-state index is 11.9. The zero-order valence-electron chi connectivity index (χ0n) is 12.2. The Labute approximate surface area is 127 Å². The van der Waals surface area contributed by atoms with Gasteiger partial charge < -0.3 is 13.9 Å². The number of hydrogen-bond donors (Lipinski definition) is 2. The number of rotatable bonds is 7. The minimum atomic E-state index is -0.369. The van der Waals surface area contributed by atoms with Gasteiger partial charge in [-0.2, -0.15) is 0 Å². The SMILES string of the molecule is CN(CC(=O)Nc1nnc(-c2ccco2)o1)CC(O)C1CC1. The second-order valence-electron chi connectivity index (χ2n) is 5.54. The van der Waals surface area contributed by atoms with Gasteiger partial charge in [-0.3, -0.25) is 15.0 Å². The minimum Gasteiger partial charge on any atom is -0.459 e. The first-order valence-corrected chi connectivity index (χ1v) is 7.15. The summed E-state index contributed by atoms with van der Waals surface area (Å²) in [5, 5.41) is 19.9. The molecule has 0 saturated heterocycles. The van der Waals surface area contributed by atoms with Crippen molar-refractivity contribution in [1.29, 1.82) is 0 Å². The number of furan rings is 1. The molecule has 1 aliphatic carbocycles. The first-order chi connectivity index (χ1) is 10.6. The van der Waals surface area contributed by atoms with Crippen molar-refractivity contribution >= 4 is 11.9 Å². The zero-order chi connectivity index (χ0) is 15.5. The summed E-state index contributed by atoms with van der Waals surface area (Å²) in [7, 11) is 1.78. The third-order valence-electron chi connectivity index (χ3n) is 3.48. The lowest BCUT2D eigenvalue weighted by atomic mass is 10.2. The van der Waals surface area contributed by atoms with Gasteiger partial charge in [0.2, 0.25) is 5.91 Å². The predicted octanol–water partition coefficient (Wildman–Crippen LogP) is 0.971. The second kappa shape index (κ2) is 6.29. The zero-order valence-corrected chi connectivity index (χ0v) is 12.2. The van der Waals surface area contributed by atoms with Gasteiger partial charge in [0, 0.05) is 6.54 Å². The Morgan fingerprint density at radius 1 is 1.55 bits per heavy atom. The van der Waals surface area contributed by atoms with Crippen LogP contribution in [0.15, 0.2) is 27.2 Å². The molecule has 1 amide bonds. The molecule has 8 nitrogen and oxygen atoms in total. The lowest BCUT2D eigenvalue weighted by molar-refractivity contribution is -0.117. The lowest BCUT2D eigenvalue weighted by Gasteiger charge is -2.19. The molecule has 22 heavy (non-hydrogen) atoms. The van der Waals surface area contributed by atoms with E-state index in [0.717, 1.165) is 12.8 Å². The van der Waals surface area contributed by atoms with E-state index < -0.39 is 0 Å². The highest BCUT2D eigenvalue weighted by atomic mass is 16.4. The Kier molecular flexibility index (Phi) is 4.21. The average molecular weight is 306 g/mol. The molecule has 2 heterocycles. The first-order valence-electron chi connectivity index (χ1n) is 7.15. The largest absolute Gasteiger partial charge is 0.459 e. The van der Waals surface area contributed by atoms with Crippen LogP contribution in [0.3, 0.4) is 0 Å². The van der Waals surface area contributed by atoms with E-state index in [2.05, 4.69) is 15.5 Å². The minimum absolute atomic E-state index is 0.0209. The van der Waals surface area contributed by atoms with E-state index in [1.54, 1.807) is 24.1 Å². The van der Waals surface area contributed by atoms with Crippen LogP contribution in [0.1, 0.15) is 12.8 Å². The molecule has 2 aromatic heterocycles. The van der Waals surface area contributed by atoms with Gasteiger partial charge in [0.05, 0.1) is 18.9 Å². The number of carbonyl (C=O) groups is 1. The average Bonchev–Trinajstić information content (AvgIpc) is 2.97. The van der Waals surface area contributed by atoms with Crippen LogP contribution in [-0.2, 0) is 4.79 Å². The third-order valence-corrected chi connectivity index (χ3v) is 3.48. The van der Waals surface area contributed by atoms with Crippen LogP contribution in [0.25, 0.3) is 11.7 Å². The van der Waals surface area contributed by atoms with Crippen molar-refractivity contribution in [2.24, 2.45) is 5.92 Å². The van der Waals surface area contributed by atoms with Crippen LogP contribution < -0.4 is 5.32 Å². The number of aliphatic hydroxyl groups excluding tert-OH is 1. The van der Waals surface area contributed by atoms with E-state index in [1.165, 1.54) is 6.26 Å². The molecule has 0 spiro atoms. The molecule has 3 rings (SSSR count). The molecule has 0 aliphatic heterocycles. The summed E-state index contributed by atoms with van der Waals surface area (Å²) in [6.45, 7) is 0.613. The molecule has 1 fully saturated rings. The summed E-state index contributed by atoms with van der Waals surface area (Å²) in [5.74, 6) is 0.757. The van der Waals surface area contributed by atoms with Gasteiger partial charge in [-0.05, 0) is 37.9 Å². The summed E-state index contributed by atoms with van der Waals surface area (Å²) in [6.07, 6.45) is 3.27. The van der Waals surface area contributed by atoms with Crippen molar-refractivity contribution in [1.82, 2.24) is 15.1 Å². The van der Waals surface area contributed by atoms with Crippen LogP contribution in [0, 0.1) is 5.92 Å². The van der Waals surface area contributed by atoms with Crippen LogP contribution >= 0.6 is 0 Å². The van der Waals surface area contributed by atoms with Gasteiger partial charge in [-0.15, -0.1) is 5.10 Å². The number of nitrogens with one attached hydrogen (secondary N) is 1. The van der Waals surface area contributed by atoms with Crippen LogP contribution in [0.5, 0.6) is 0 Å². The van der Waals surface area contributed by atoms with Crippen molar-refractivity contribution in [2.45, 2.75) is 18.9 Å². The molecule has 1 unspecified atom stereocenters. The fraction of sp³-hybridized carbons (Fsp3) is 0.500. The monoisotopic (exact) mass is 306 g/mol. The molecule has 0 bridgehead atoms. The number of anilines is 1. The summed E-state index contributed by atoms with van der Waals surface area (Å²) in [6, 6.07) is 3.41. The highest BCUT2D eigenvalue weighted by molar-refractivity contribution is 5.90. The van der Waals surface area contributed by atoms with E-state index in [9.17, 15) is 9.90 Å². The van der Waals surface area contributed by atoms with E-state index in [4.69, 9.17) is 8.83 Å². The van der Waals surface area contributed by atoms with Crippen molar-refractivity contribution in [3.8, 4) is 11.7 Å². The van der Waals surface area contributed by atoms with E-state index in [-0.39, 0.29) is 30.5 Å². The Bertz CT molecular complexity index is 621. The molecule has 0 radical (unpaired) electrons. The van der Waals surface area contributed by atoms with Crippen LogP contribution in [0.4, 0.5) is 6.01 Å². The highest BCUT2D eigenvalue weighted by Gasteiger charge is 2.30. The molecule has 118 valence electrons. The lowest BCUT2D eigenvalue weighted by Crippen LogP contribution is -2.36. The van der Waals surface area contributed by atoms with Crippen molar-refractivity contribution in [3.63, 3.8) is 0 Å². The van der Waals surface area contributed by atoms with Crippen LogP contribution in [-0.4, -0.2) is 52.4 Å². The smallest absolute Gasteiger partial charge is 0.322 e. The number of hydrogen-bond acceptors (Lipinski definition) is 7. The number of likely N-dealkylation sites (N-methyl/N-ethyl adjacent to an activating group) is 1. The van der Waals surface area contributed by atoms with Crippen molar-refractivity contribution in [3.05, 3.63) is 18.4 Å². The molecule has 1 atom stereocenters. The fourth-order valence-corrected chi connectivity index (χ4v) is 2.19. The number of nitrogens with zero attached hydrogens (tertiary/aromatic N) is 3. The topological polar surface area (TPSA) is 105 Å². The third kappa shape index (κ3) is 3.71.